The Balaban J connectivity index is 1.32. The van der Waals surface area contributed by atoms with E-state index in [9.17, 15) is 14.4 Å². The van der Waals surface area contributed by atoms with Gasteiger partial charge in [0.15, 0.2) is 6.10 Å². The Labute approximate surface area is 160 Å². The highest BCUT2D eigenvalue weighted by Gasteiger charge is 2.32. The van der Waals surface area contributed by atoms with Gasteiger partial charge in [0.25, 0.3) is 11.8 Å². The predicted octanol–water partition coefficient (Wildman–Crippen LogP) is 1.82. The molecule has 7 nitrogen and oxygen atoms in total. The molecule has 4 rings (SSSR count). The molecule has 0 radical (unpaired) electrons. The monoisotopic (exact) mass is 385 g/mol. The van der Waals surface area contributed by atoms with Crippen molar-refractivity contribution in [3.05, 3.63) is 46.7 Å². The van der Waals surface area contributed by atoms with E-state index in [4.69, 9.17) is 4.74 Å². The summed E-state index contributed by atoms with van der Waals surface area (Å²) in [5.74, 6) is 0.122. The first-order valence-electron chi connectivity index (χ1n) is 8.79. The van der Waals surface area contributed by atoms with Crippen LogP contribution in [0.25, 0.3) is 0 Å². The van der Waals surface area contributed by atoms with Crippen LogP contribution in [0.15, 0.2) is 41.8 Å². The summed E-state index contributed by atoms with van der Waals surface area (Å²) in [6.45, 7) is 1.90. The molecule has 1 fully saturated rings. The second kappa shape index (κ2) is 7.40. The molecule has 0 bridgehead atoms. The molecule has 0 unspecified atom stereocenters. The average Bonchev–Trinajstić information content (AvgIpc) is 3.23. The zero-order valence-corrected chi connectivity index (χ0v) is 15.4. The van der Waals surface area contributed by atoms with Crippen LogP contribution >= 0.6 is 11.3 Å². The second-order valence-electron chi connectivity index (χ2n) is 6.45. The molecule has 1 saturated heterocycles. The second-order valence-corrected chi connectivity index (χ2v) is 7.39. The molecule has 2 aliphatic rings. The zero-order valence-electron chi connectivity index (χ0n) is 14.6. The lowest BCUT2D eigenvalue weighted by Gasteiger charge is -2.35. The van der Waals surface area contributed by atoms with Gasteiger partial charge in [0.2, 0.25) is 5.91 Å². The fourth-order valence-electron chi connectivity index (χ4n) is 3.23. The number of anilines is 1. The molecule has 3 amide bonds. The van der Waals surface area contributed by atoms with E-state index in [1.807, 2.05) is 23.6 Å². The van der Waals surface area contributed by atoms with Gasteiger partial charge in [-0.1, -0.05) is 18.2 Å². The number of hydrogen-bond donors (Lipinski definition) is 1. The summed E-state index contributed by atoms with van der Waals surface area (Å²) >= 11 is 1.42. The van der Waals surface area contributed by atoms with E-state index >= 15 is 0 Å². The Bertz CT molecular complexity index is 860. The van der Waals surface area contributed by atoms with Crippen LogP contribution in [0.3, 0.4) is 0 Å². The van der Waals surface area contributed by atoms with Crippen molar-refractivity contribution in [2.75, 3.05) is 31.5 Å². The largest absolute Gasteiger partial charge is 0.478 e. The lowest BCUT2D eigenvalue weighted by atomic mass is 10.1. The predicted molar refractivity (Wildman–Crippen MR) is 101 cm³/mol. The van der Waals surface area contributed by atoms with Crippen molar-refractivity contribution in [1.29, 1.82) is 0 Å². The van der Waals surface area contributed by atoms with Gasteiger partial charge in [-0.3, -0.25) is 14.4 Å². The molecule has 140 valence electrons. The molecule has 0 spiro atoms. The number of benzene rings is 1. The Morgan fingerprint density at radius 3 is 2.56 bits per heavy atom. The van der Waals surface area contributed by atoms with Gasteiger partial charge >= 0.3 is 0 Å². The van der Waals surface area contributed by atoms with E-state index in [-0.39, 0.29) is 24.1 Å². The lowest BCUT2D eigenvalue weighted by Crippen LogP contribution is -2.52. The van der Waals surface area contributed by atoms with Crippen molar-refractivity contribution in [3.8, 4) is 5.75 Å². The number of rotatable bonds is 3. The van der Waals surface area contributed by atoms with Gasteiger partial charge in [0.1, 0.15) is 5.75 Å². The quantitative estimate of drug-likeness (QED) is 0.874. The van der Waals surface area contributed by atoms with Gasteiger partial charge in [0, 0.05) is 26.2 Å². The molecule has 27 heavy (non-hydrogen) atoms. The van der Waals surface area contributed by atoms with E-state index in [1.165, 1.54) is 11.3 Å². The molecule has 8 heteroatoms. The lowest BCUT2D eigenvalue weighted by molar-refractivity contribution is -0.138. The number of nitrogens with zero attached hydrogens (tertiary/aromatic N) is 2. The van der Waals surface area contributed by atoms with Crippen molar-refractivity contribution >= 4 is 34.7 Å². The van der Waals surface area contributed by atoms with E-state index in [0.29, 0.717) is 42.5 Å². The van der Waals surface area contributed by atoms with Crippen LogP contribution in [0.5, 0.6) is 5.75 Å². The van der Waals surface area contributed by atoms with Crippen molar-refractivity contribution in [2.24, 2.45) is 0 Å². The van der Waals surface area contributed by atoms with Crippen LogP contribution in [0.1, 0.15) is 16.1 Å². The summed E-state index contributed by atoms with van der Waals surface area (Å²) < 4.78 is 5.69. The molecule has 1 aromatic heterocycles. The highest BCUT2D eigenvalue weighted by molar-refractivity contribution is 7.12. The first-order valence-corrected chi connectivity index (χ1v) is 9.67. The number of ether oxygens (including phenoxy) is 1. The van der Waals surface area contributed by atoms with Crippen LogP contribution in [0.2, 0.25) is 0 Å². The summed E-state index contributed by atoms with van der Waals surface area (Å²) in [5.41, 5.74) is 0.618. The Morgan fingerprint density at radius 2 is 1.81 bits per heavy atom. The summed E-state index contributed by atoms with van der Waals surface area (Å²) in [4.78, 5) is 41.3. The minimum absolute atomic E-state index is 0.00342. The zero-order chi connectivity index (χ0) is 18.8. The summed E-state index contributed by atoms with van der Waals surface area (Å²) in [5, 5.41) is 4.64. The highest BCUT2D eigenvalue weighted by atomic mass is 32.1. The number of fused-ring (bicyclic) bond motifs is 1. The topological polar surface area (TPSA) is 79.0 Å². The maximum Gasteiger partial charge on any atom is 0.266 e. The molecule has 0 aliphatic carbocycles. The van der Waals surface area contributed by atoms with E-state index in [0.717, 1.165) is 0 Å². The van der Waals surface area contributed by atoms with Gasteiger partial charge < -0.3 is 19.9 Å². The van der Waals surface area contributed by atoms with Gasteiger partial charge in [-0.15, -0.1) is 11.3 Å². The smallest absolute Gasteiger partial charge is 0.266 e. The van der Waals surface area contributed by atoms with E-state index in [1.54, 1.807) is 28.0 Å². The standard InChI is InChI=1S/C19H19N3O4S/c23-17(12-15-18(24)20-13-4-1-2-5-14(13)26-15)21-7-9-22(10-8-21)19(25)16-6-3-11-27-16/h1-6,11,15H,7-10,12H2,(H,20,24)/t15-/m0/s1. The number of piperazine rings is 1. The molecule has 3 heterocycles. The number of hydrogen-bond acceptors (Lipinski definition) is 5. The molecule has 1 aromatic carbocycles. The molecule has 2 aliphatic heterocycles. The van der Waals surface area contributed by atoms with Crippen molar-refractivity contribution < 1.29 is 19.1 Å². The minimum Gasteiger partial charge on any atom is -0.478 e. The molecule has 1 N–H and O–H groups in total. The first-order chi connectivity index (χ1) is 13.1. The summed E-state index contributed by atoms with van der Waals surface area (Å²) in [6, 6.07) is 10.8. The van der Waals surface area contributed by atoms with E-state index < -0.39 is 6.10 Å². The van der Waals surface area contributed by atoms with Crippen molar-refractivity contribution in [2.45, 2.75) is 12.5 Å². The molecule has 2 aromatic rings. The fraction of sp³-hybridized carbons (Fsp3) is 0.316. The van der Waals surface area contributed by atoms with Gasteiger partial charge in [-0.05, 0) is 23.6 Å². The molecule has 0 saturated carbocycles. The van der Waals surface area contributed by atoms with E-state index in [2.05, 4.69) is 5.32 Å². The highest BCUT2D eigenvalue weighted by Crippen LogP contribution is 2.29. The van der Waals surface area contributed by atoms with Gasteiger partial charge in [-0.2, -0.15) is 0 Å². The van der Waals surface area contributed by atoms with Crippen molar-refractivity contribution in [3.63, 3.8) is 0 Å². The maximum atomic E-state index is 12.6. The van der Waals surface area contributed by atoms with Crippen molar-refractivity contribution in [1.82, 2.24) is 9.80 Å². The van der Waals surface area contributed by atoms with Gasteiger partial charge in [-0.25, -0.2) is 0 Å². The number of nitrogens with one attached hydrogen (secondary N) is 1. The number of carbonyl (C=O) groups excluding carboxylic acids is 3. The normalized spacial score (nSPS) is 19.1. The third-order valence-electron chi connectivity index (χ3n) is 4.72. The Hall–Kier alpha value is -2.87. The summed E-state index contributed by atoms with van der Waals surface area (Å²) in [6.07, 6.45) is -0.850. The van der Waals surface area contributed by atoms with Crippen LogP contribution in [0, 0.1) is 0 Å². The third kappa shape index (κ3) is 3.66. The molecular formula is C19H19N3O4S. The average molecular weight is 385 g/mol. The Kier molecular flexibility index (Phi) is 4.81. The van der Waals surface area contributed by atoms with Gasteiger partial charge in [0.05, 0.1) is 17.0 Å². The number of amides is 3. The maximum absolute atomic E-state index is 12.6. The number of para-hydroxylation sites is 2. The minimum atomic E-state index is -0.835. The number of carbonyl (C=O) groups is 3. The fourth-order valence-corrected chi connectivity index (χ4v) is 3.92. The summed E-state index contributed by atoms with van der Waals surface area (Å²) in [7, 11) is 0. The SMILES string of the molecule is O=C1Nc2ccccc2O[C@H]1CC(=O)N1CCN(C(=O)c2cccs2)CC1. The first kappa shape index (κ1) is 17.5. The molecule has 1 atom stereocenters. The van der Waals surface area contributed by atoms with Crippen LogP contribution in [-0.4, -0.2) is 59.8 Å². The molecular weight excluding hydrogens is 366 g/mol. The third-order valence-corrected chi connectivity index (χ3v) is 5.58. The van der Waals surface area contributed by atoms with Crippen LogP contribution in [0.4, 0.5) is 5.69 Å². The number of thiophene rings is 1. The van der Waals surface area contributed by atoms with Crippen LogP contribution in [-0.2, 0) is 9.59 Å². The Morgan fingerprint density at radius 1 is 1.07 bits per heavy atom. The van der Waals surface area contributed by atoms with Crippen LogP contribution < -0.4 is 10.1 Å².